The smallest absolute Gasteiger partial charge is 0.203 e. The first-order valence-electron chi connectivity index (χ1n) is 11.5. The maximum absolute atomic E-state index is 13.6. The summed E-state index contributed by atoms with van der Waals surface area (Å²) < 4.78 is 6.65. The molecule has 0 saturated carbocycles. The van der Waals surface area contributed by atoms with Crippen LogP contribution in [0.3, 0.4) is 0 Å². The molecule has 0 radical (unpaired) electrons. The van der Waals surface area contributed by atoms with Gasteiger partial charge >= 0.3 is 0 Å². The highest BCUT2D eigenvalue weighted by atomic mass is 32.1. The summed E-state index contributed by atoms with van der Waals surface area (Å²) in [6.45, 7) is 3.73. The monoisotopic (exact) mass is 471 g/mol. The number of piperidine rings is 1. The molecule has 172 valence electrons. The van der Waals surface area contributed by atoms with Crippen molar-refractivity contribution in [3.63, 3.8) is 0 Å². The van der Waals surface area contributed by atoms with Gasteiger partial charge in [0.1, 0.15) is 18.1 Å². The Labute approximate surface area is 202 Å². The van der Waals surface area contributed by atoms with Gasteiger partial charge in [0, 0.05) is 27.1 Å². The molecular formula is C28H25NO4S. The summed E-state index contributed by atoms with van der Waals surface area (Å²) in [7, 11) is 0. The van der Waals surface area contributed by atoms with Gasteiger partial charge in [-0.1, -0.05) is 12.5 Å². The molecule has 1 saturated heterocycles. The van der Waals surface area contributed by atoms with Crippen LogP contribution in [-0.2, 0) is 0 Å². The van der Waals surface area contributed by atoms with Crippen LogP contribution in [0.1, 0.15) is 35.2 Å². The van der Waals surface area contributed by atoms with Gasteiger partial charge in [0.25, 0.3) is 0 Å². The topological polar surface area (TPSA) is 70.0 Å². The van der Waals surface area contributed by atoms with Crippen LogP contribution in [0.25, 0.3) is 20.5 Å². The van der Waals surface area contributed by atoms with Gasteiger partial charge in [-0.05, 0) is 92.2 Å². The Kier molecular flexibility index (Phi) is 6.39. The number of hydrogen-bond donors (Lipinski definition) is 2. The van der Waals surface area contributed by atoms with E-state index in [0.717, 1.165) is 40.2 Å². The number of phenols is 2. The molecule has 5 rings (SSSR count). The van der Waals surface area contributed by atoms with Crippen LogP contribution in [0.5, 0.6) is 17.2 Å². The summed E-state index contributed by atoms with van der Waals surface area (Å²) in [6.07, 6.45) is 3.81. The highest BCUT2D eigenvalue weighted by molar-refractivity contribution is 7.22. The fraction of sp³-hybridized carbons (Fsp3) is 0.250. The number of hydrogen-bond acceptors (Lipinski definition) is 6. The quantitative estimate of drug-likeness (QED) is 0.340. The molecule has 34 heavy (non-hydrogen) atoms. The number of phenolic OH excluding ortho intramolecular Hbond substituents is 2. The third-order valence-electron chi connectivity index (χ3n) is 6.11. The molecule has 0 atom stereocenters. The lowest BCUT2D eigenvalue weighted by atomic mass is 9.98. The van der Waals surface area contributed by atoms with Gasteiger partial charge in [-0.3, -0.25) is 9.69 Å². The van der Waals surface area contributed by atoms with E-state index in [0.29, 0.717) is 23.5 Å². The molecule has 0 unspecified atom stereocenters. The van der Waals surface area contributed by atoms with E-state index in [1.54, 1.807) is 54.6 Å². The Morgan fingerprint density at radius 3 is 2.44 bits per heavy atom. The lowest BCUT2D eigenvalue weighted by Gasteiger charge is -2.25. The van der Waals surface area contributed by atoms with E-state index in [4.69, 9.17) is 4.74 Å². The van der Waals surface area contributed by atoms with E-state index in [2.05, 4.69) is 17.0 Å². The normalized spacial score (nSPS) is 14.1. The molecule has 3 aromatic carbocycles. The first kappa shape index (κ1) is 22.3. The van der Waals surface area contributed by atoms with Crippen molar-refractivity contribution in [2.45, 2.75) is 19.3 Å². The summed E-state index contributed by atoms with van der Waals surface area (Å²) in [5.74, 6) is 0.716. The molecular weight excluding hydrogens is 446 g/mol. The third kappa shape index (κ3) is 4.72. The second-order valence-electron chi connectivity index (χ2n) is 8.47. The van der Waals surface area contributed by atoms with E-state index in [-0.39, 0.29) is 17.3 Å². The van der Waals surface area contributed by atoms with Gasteiger partial charge in [0.05, 0.1) is 5.56 Å². The van der Waals surface area contributed by atoms with Crippen molar-refractivity contribution in [1.29, 1.82) is 0 Å². The number of ether oxygens (including phenoxy) is 1. The number of benzene rings is 2. The summed E-state index contributed by atoms with van der Waals surface area (Å²) in [4.78, 5) is 16.8. The van der Waals surface area contributed by atoms with Crippen molar-refractivity contribution in [2.24, 2.45) is 0 Å². The second-order valence-corrected chi connectivity index (χ2v) is 9.53. The zero-order valence-electron chi connectivity index (χ0n) is 18.7. The Balaban J connectivity index is 1.39. The number of aromatic hydroxyl groups is 2. The number of fused-ring (bicyclic) bond motifs is 1. The molecule has 0 bridgehead atoms. The summed E-state index contributed by atoms with van der Waals surface area (Å²) in [6, 6.07) is 21.2. The van der Waals surface area contributed by atoms with Gasteiger partial charge < -0.3 is 14.9 Å². The number of likely N-dealkylation sites (tertiary alicyclic amines) is 1. The summed E-state index contributed by atoms with van der Waals surface area (Å²) in [5.41, 5.74) is 1.77. The predicted molar refractivity (Wildman–Crippen MR) is 134 cm³/mol. The highest BCUT2D eigenvalue weighted by Crippen LogP contribution is 2.41. The van der Waals surface area contributed by atoms with Gasteiger partial charge in [-0.25, -0.2) is 0 Å². The first-order valence-corrected chi connectivity index (χ1v) is 12.3. The fourth-order valence-corrected chi connectivity index (χ4v) is 5.56. The maximum Gasteiger partial charge on any atom is 0.203 e. The van der Waals surface area contributed by atoms with Gasteiger partial charge in [-0.15, -0.1) is 11.3 Å². The van der Waals surface area contributed by atoms with Crippen LogP contribution in [-0.4, -0.2) is 47.1 Å². The molecule has 0 spiro atoms. The summed E-state index contributed by atoms with van der Waals surface area (Å²) in [5, 5.41) is 20.4. The predicted octanol–water partition coefficient (Wildman–Crippen LogP) is 5.68. The minimum Gasteiger partial charge on any atom is -0.508 e. The van der Waals surface area contributed by atoms with Gasteiger partial charge in [0.15, 0.2) is 5.75 Å². The van der Waals surface area contributed by atoms with Gasteiger partial charge in [-0.2, -0.15) is 0 Å². The van der Waals surface area contributed by atoms with Crippen molar-refractivity contribution in [2.75, 3.05) is 26.2 Å². The lowest BCUT2D eigenvalue weighted by Crippen LogP contribution is -2.33. The standard InChI is InChI=1S/C28H25NO4S/c30-21-8-4-20(5-9-21)28-26(24-13-10-22(31)18-25(24)34-28)27(32)19-6-11-23(12-7-19)33-17-16-29-14-2-1-3-15-29/h4-6,8-11,13,18,30-31H,1-3,14-17H2. The van der Waals surface area contributed by atoms with Crippen molar-refractivity contribution in [3.8, 4) is 27.7 Å². The minimum absolute atomic E-state index is 0.149. The van der Waals surface area contributed by atoms with E-state index < -0.39 is 0 Å². The zero-order valence-corrected chi connectivity index (χ0v) is 19.5. The molecule has 1 aliphatic rings. The van der Waals surface area contributed by atoms with E-state index >= 15 is 0 Å². The van der Waals surface area contributed by atoms with Gasteiger partial charge in [0.2, 0.25) is 5.78 Å². The third-order valence-corrected chi connectivity index (χ3v) is 7.31. The molecule has 5 nitrogen and oxygen atoms in total. The van der Waals surface area contributed by atoms with Crippen LogP contribution in [0.4, 0.5) is 0 Å². The SMILES string of the molecule is O=C(c1c#cc(OCCN2CCCCC2)cc1)c1c(-c2ccc(O)cc2)sc2cc(O)ccc12. The molecule has 0 aliphatic carbocycles. The Hall–Kier alpha value is -3.53. The van der Waals surface area contributed by atoms with E-state index in [1.807, 2.05) is 0 Å². The average Bonchev–Trinajstić information content (AvgIpc) is 3.23. The number of thiophene rings is 1. The number of nitrogens with zero attached hydrogens (tertiary/aromatic N) is 1. The van der Waals surface area contributed by atoms with Crippen molar-refractivity contribution in [3.05, 3.63) is 77.9 Å². The molecule has 2 N–H and O–H groups in total. The molecule has 1 aliphatic heterocycles. The highest BCUT2D eigenvalue weighted by Gasteiger charge is 2.22. The van der Waals surface area contributed by atoms with Crippen LogP contribution in [0, 0.1) is 12.1 Å². The van der Waals surface area contributed by atoms with Crippen molar-refractivity contribution in [1.82, 2.24) is 4.90 Å². The molecule has 1 fully saturated rings. The zero-order chi connectivity index (χ0) is 23.5. The van der Waals surface area contributed by atoms with Crippen LogP contribution < -0.4 is 4.74 Å². The number of rotatable bonds is 7. The Morgan fingerprint density at radius 2 is 1.71 bits per heavy atom. The van der Waals surface area contributed by atoms with E-state index in [9.17, 15) is 15.0 Å². The first-order chi connectivity index (χ1) is 16.6. The van der Waals surface area contributed by atoms with Crippen LogP contribution in [0.15, 0.2) is 54.6 Å². The molecule has 6 heteroatoms. The second kappa shape index (κ2) is 9.76. The Bertz CT molecular complexity index is 1290. The number of carbonyl (C=O) groups excluding carboxylic acids is 1. The fourth-order valence-electron chi connectivity index (χ4n) is 4.32. The molecule has 0 amide bonds. The van der Waals surface area contributed by atoms with Crippen molar-refractivity contribution < 1.29 is 19.7 Å². The van der Waals surface area contributed by atoms with Crippen molar-refractivity contribution >= 4 is 27.2 Å². The lowest BCUT2D eigenvalue weighted by molar-refractivity contribution is 0.104. The molecule has 2 heterocycles. The minimum atomic E-state index is -0.170. The Morgan fingerprint density at radius 1 is 0.941 bits per heavy atom. The number of ketones is 1. The molecule has 4 aromatic rings. The number of carbonyl (C=O) groups is 1. The van der Waals surface area contributed by atoms with Crippen LogP contribution in [0.2, 0.25) is 0 Å². The molecule has 1 aromatic heterocycles. The average molecular weight is 472 g/mol. The maximum atomic E-state index is 13.6. The largest absolute Gasteiger partial charge is 0.508 e. The summed E-state index contributed by atoms with van der Waals surface area (Å²) >= 11 is 1.43. The van der Waals surface area contributed by atoms with Crippen LogP contribution >= 0.6 is 11.3 Å². The van der Waals surface area contributed by atoms with E-state index in [1.165, 1.54) is 30.6 Å².